The van der Waals surface area contributed by atoms with Gasteiger partial charge in [0.1, 0.15) is 6.26 Å². The molecular weight excluding hydrogens is 208 g/mol. The second kappa shape index (κ2) is 6.27. The number of hydrogen-bond donors (Lipinski definition) is 0. The van der Waals surface area contributed by atoms with Gasteiger partial charge in [-0.15, -0.1) is 0 Å². The third-order valence-corrected chi connectivity index (χ3v) is 2.24. The summed E-state index contributed by atoms with van der Waals surface area (Å²) in [6.45, 7) is 7.21. The predicted octanol–water partition coefficient (Wildman–Crippen LogP) is 1.45. The van der Waals surface area contributed by atoms with Gasteiger partial charge in [0, 0.05) is 18.2 Å². The van der Waals surface area contributed by atoms with Crippen molar-refractivity contribution >= 4 is 5.97 Å². The van der Waals surface area contributed by atoms with Crippen molar-refractivity contribution in [1.29, 1.82) is 0 Å². The molecular formula is C11H18N2O3. The molecule has 0 aliphatic carbocycles. The van der Waals surface area contributed by atoms with E-state index in [1.54, 1.807) is 19.4 Å². The summed E-state index contributed by atoms with van der Waals surface area (Å²) in [5.41, 5.74) is 0.956. The monoisotopic (exact) mass is 226 g/mol. The van der Waals surface area contributed by atoms with E-state index in [-0.39, 0.29) is 18.6 Å². The van der Waals surface area contributed by atoms with Crippen LogP contribution in [0.15, 0.2) is 17.0 Å². The third kappa shape index (κ3) is 4.02. The fourth-order valence-corrected chi connectivity index (χ4v) is 1.33. The molecule has 0 bridgehead atoms. The van der Waals surface area contributed by atoms with Crippen molar-refractivity contribution in [3.63, 3.8) is 0 Å². The predicted molar refractivity (Wildman–Crippen MR) is 58.7 cm³/mol. The molecule has 16 heavy (non-hydrogen) atoms. The van der Waals surface area contributed by atoms with Crippen LogP contribution >= 0.6 is 0 Å². The number of hydrogen-bond acceptors (Lipinski definition) is 5. The van der Waals surface area contributed by atoms with Gasteiger partial charge in [0.05, 0.1) is 19.3 Å². The van der Waals surface area contributed by atoms with E-state index in [4.69, 9.17) is 9.26 Å². The maximum Gasteiger partial charge on any atom is 0.320 e. The van der Waals surface area contributed by atoms with Crippen LogP contribution in [0.3, 0.4) is 0 Å². The molecule has 90 valence electrons. The zero-order valence-corrected chi connectivity index (χ0v) is 9.97. The van der Waals surface area contributed by atoms with Gasteiger partial charge in [-0.2, -0.15) is 0 Å². The van der Waals surface area contributed by atoms with Crippen molar-refractivity contribution in [3.8, 4) is 0 Å². The standard InChI is InChI=1S/C11H18N2O3/c1-4-15-11(14)7-13(9(2)3)6-10-5-12-16-8-10/h5,8-9H,4,6-7H2,1-3H3. The van der Waals surface area contributed by atoms with Gasteiger partial charge >= 0.3 is 5.97 Å². The zero-order valence-electron chi connectivity index (χ0n) is 9.97. The first kappa shape index (κ1) is 12.7. The number of nitrogens with zero attached hydrogens (tertiary/aromatic N) is 2. The Morgan fingerprint density at radius 3 is 2.88 bits per heavy atom. The fourth-order valence-electron chi connectivity index (χ4n) is 1.33. The molecule has 0 atom stereocenters. The minimum atomic E-state index is -0.201. The first-order valence-electron chi connectivity index (χ1n) is 5.41. The van der Waals surface area contributed by atoms with Crippen LogP contribution < -0.4 is 0 Å². The Morgan fingerprint density at radius 2 is 2.38 bits per heavy atom. The van der Waals surface area contributed by atoms with Crippen molar-refractivity contribution in [2.45, 2.75) is 33.4 Å². The molecule has 1 aromatic rings. The van der Waals surface area contributed by atoms with Gasteiger partial charge in [0.15, 0.2) is 0 Å². The van der Waals surface area contributed by atoms with Crippen LogP contribution in [0.25, 0.3) is 0 Å². The van der Waals surface area contributed by atoms with Gasteiger partial charge in [0.25, 0.3) is 0 Å². The summed E-state index contributed by atoms with van der Waals surface area (Å²) < 4.78 is 9.68. The molecule has 0 aliphatic heterocycles. The summed E-state index contributed by atoms with van der Waals surface area (Å²) in [5, 5.41) is 3.63. The molecule has 0 spiro atoms. The summed E-state index contributed by atoms with van der Waals surface area (Å²) in [7, 11) is 0. The molecule has 0 saturated heterocycles. The van der Waals surface area contributed by atoms with Gasteiger partial charge in [-0.1, -0.05) is 5.16 Å². The van der Waals surface area contributed by atoms with Crippen LogP contribution in [-0.2, 0) is 16.1 Å². The van der Waals surface area contributed by atoms with E-state index in [0.717, 1.165) is 5.56 Å². The van der Waals surface area contributed by atoms with E-state index in [2.05, 4.69) is 5.16 Å². The van der Waals surface area contributed by atoms with Gasteiger partial charge < -0.3 is 9.26 Å². The van der Waals surface area contributed by atoms with E-state index < -0.39 is 0 Å². The van der Waals surface area contributed by atoms with Crippen molar-refractivity contribution < 1.29 is 14.1 Å². The molecule has 0 fully saturated rings. The lowest BCUT2D eigenvalue weighted by Crippen LogP contribution is -2.35. The third-order valence-electron chi connectivity index (χ3n) is 2.24. The Morgan fingerprint density at radius 1 is 1.62 bits per heavy atom. The number of aromatic nitrogens is 1. The highest BCUT2D eigenvalue weighted by Gasteiger charge is 2.15. The van der Waals surface area contributed by atoms with Gasteiger partial charge in [-0.25, -0.2) is 0 Å². The van der Waals surface area contributed by atoms with Gasteiger partial charge in [-0.3, -0.25) is 9.69 Å². The minimum absolute atomic E-state index is 0.201. The van der Waals surface area contributed by atoms with E-state index >= 15 is 0 Å². The van der Waals surface area contributed by atoms with Crippen molar-refractivity contribution in [2.75, 3.05) is 13.2 Å². The number of rotatable bonds is 6. The molecule has 1 rings (SSSR count). The number of ether oxygens (including phenoxy) is 1. The maximum absolute atomic E-state index is 11.4. The van der Waals surface area contributed by atoms with Crippen molar-refractivity contribution in [1.82, 2.24) is 10.1 Å². The second-order valence-electron chi connectivity index (χ2n) is 3.84. The largest absolute Gasteiger partial charge is 0.465 e. The lowest BCUT2D eigenvalue weighted by molar-refractivity contribution is -0.145. The van der Waals surface area contributed by atoms with Crippen LogP contribution in [-0.4, -0.2) is 35.2 Å². The summed E-state index contributed by atoms with van der Waals surface area (Å²) >= 11 is 0. The minimum Gasteiger partial charge on any atom is -0.465 e. The van der Waals surface area contributed by atoms with Crippen LogP contribution in [0.4, 0.5) is 0 Å². The van der Waals surface area contributed by atoms with Gasteiger partial charge in [0.2, 0.25) is 0 Å². The Labute approximate surface area is 95.4 Å². The number of carbonyl (C=O) groups is 1. The van der Waals surface area contributed by atoms with Crippen LogP contribution in [0.1, 0.15) is 26.3 Å². The average Bonchev–Trinajstić information content (AvgIpc) is 2.69. The first-order chi connectivity index (χ1) is 7.63. The Bertz CT molecular complexity index is 309. The SMILES string of the molecule is CCOC(=O)CN(Cc1cnoc1)C(C)C. The summed E-state index contributed by atoms with van der Waals surface area (Å²) in [6, 6.07) is 0.263. The molecule has 0 radical (unpaired) electrons. The quantitative estimate of drug-likeness (QED) is 0.687. The lowest BCUT2D eigenvalue weighted by atomic mass is 10.2. The topological polar surface area (TPSA) is 55.6 Å². The van der Waals surface area contributed by atoms with Crippen LogP contribution in [0.2, 0.25) is 0 Å². The molecule has 5 heteroatoms. The highest BCUT2D eigenvalue weighted by atomic mass is 16.5. The van der Waals surface area contributed by atoms with Crippen LogP contribution in [0, 0.1) is 0 Å². The highest BCUT2D eigenvalue weighted by Crippen LogP contribution is 2.07. The molecule has 0 aliphatic rings. The van der Waals surface area contributed by atoms with Crippen molar-refractivity contribution in [3.05, 3.63) is 18.0 Å². The highest BCUT2D eigenvalue weighted by molar-refractivity contribution is 5.71. The molecule has 0 saturated carbocycles. The molecule has 0 unspecified atom stereocenters. The Kier molecular flexibility index (Phi) is 4.98. The number of esters is 1. The lowest BCUT2D eigenvalue weighted by Gasteiger charge is -2.24. The molecule has 1 heterocycles. The van der Waals surface area contributed by atoms with E-state index in [1.807, 2.05) is 18.7 Å². The average molecular weight is 226 g/mol. The summed E-state index contributed by atoms with van der Waals surface area (Å²) in [5.74, 6) is -0.201. The summed E-state index contributed by atoms with van der Waals surface area (Å²) in [6.07, 6.45) is 3.24. The molecule has 0 aromatic carbocycles. The Balaban J connectivity index is 2.51. The summed E-state index contributed by atoms with van der Waals surface area (Å²) in [4.78, 5) is 13.4. The molecule has 1 aromatic heterocycles. The molecule has 5 nitrogen and oxygen atoms in total. The first-order valence-corrected chi connectivity index (χ1v) is 5.41. The van der Waals surface area contributed by atoms with E-state index in [9.17, 15) is 4.79 Å². The normalized spacial score (nSPS) is 11.1. The second-order valence-corrected chi connectivity index (χ2v) is 3.84. The maximum atomic E-state index is 11.4. The van der Waals surface area contributed by atoms with E-state index in [1.165, 1.54) is 0 Å². The molecule has 0 N–H and O–H groups in total. The fraction of sp³-hybridized carbons (Fsp3) is 0.636. The Hall–Kier alpha value is -1.36. The smallest absolute Gasteiger partial charge is 0.320 e. The van der Waals surface area contributed by atoms with Crippen molar-refractivity contribution in [2.24, 2.45) is 0 Å². The van der Waals surface area contributed by atoms with Crippen LogP contribution in [0.5, 0.6) is 0 Å². The number of carbonyl (C=O) groups excluding carboxylic acids is 1. The zero-order chi connectivity index (χ0) is 12.0. The molecule has 0 amide bonds. The van der Waals surface area contributed by atoms with E-state index in [0.29, 0.717) is 13.2 Å². The van der Waals surface area contributed by atoms with Gasteiger partial charge in [-0.05, 0) is 20.8 Å².